The minimum Gasteiger partial charge on any atom is -0.494 e. The van der Waals surface area contributed by atoms with Crippen LogP contribution in [0.25, 0.3) is 0 Å². The molecule has 1 aliphatic rings. The first-order valence-corrected chi connectivity index (χ1v) is 15.7. The van der Waals surface area contributed by atoms with Crippen LogP contribution in [0.2, 0.25) is 10.0 Å². The summed E-state index contributed by atoms with van der Waals surface area (Å²) in [4.78, 5) is 19.4. The van der Waals surface area contributed by atoms with Crippen molar-refractivity contribution in [3.63, 3.8) is 0 Å². The molecule has 4 aromatic carbocycles. The molecule has 1 heterocycles. The fourth-order valence-electron chi connectivity index (χ4n) is 5.06. The van der Waals surface area contributed by atoms with Gasteiger partial charge in [0.15, 0.2) is 11.6 Å². The standard InChI is InChI=1S/C34H32BrCl2N3O4/c1-22-6-4-7-23(18-22)21-38-40-33(42)34(20-25-8-2-3-9-29(25)35)31(28-15-12-26(36)19-30(28)37)44-32(39-34)24-10-13-27(14-11-24)43-17-5-16-41/h2-4,6-15,18-19,31,38,41H,5,16-17,20-21H2,1H3,(H,40,42)/t31-,34-/m0/s1. The number of hydrogen-bond donors (Lipinski definition) is 3. The van der Waals surface area contributed by atoms with E-state index in [0.29, 0.717) is 52.4 Å². The van der Waals surface area contributed by atoms with E-state index in [2.05, 4.69) is 32.8 Å². The maximum Gasteiger partial charge on any atom is 0.266 e. The molecule has 0 spiro atoms. The third kappa shape index (κ3) is 7.45. The van der Waals surface area contributed by atoms with E-state index in [4.69, 9.17) is 42.8 Å². The summed E-state index contributed by atoms with van der Waals surface area (Å²) in [6, 6.07) is 28.2. The Labute approximate surface area is 275 Å². The second kappa shape index (κ2) is 14.6. The van der Waals surface area contributed by atoms with Crippen molar-refractivity contribution < 1.29 is 19.4 Å². The average Bonchev–Trinajstić information content (AvgIpc) is 3.39. The van der Waals surface area contributed by atoms with E-state index in [-0.39, 0.29) is 18.9 Å². The summed E-state index contributed by atoms with van der Waals surface area (Å²) < 4.78 is 13.1. The largest absolute Gasteiger partial charge is 0.494 e. The van der Waals surface area contributed by atoms with Crippen LogP contribution >= 0.6 is 39.1 Å². The molecule has 0 saturated heterocycles. The highest BCUT2D eigenvalue weighted by Crippen LogP contribution is 2.45. The van der Waals surface area contributed by atoms with Crippen molar-refractivity contribution in [3.05, 3.63) is 133 Å². The number of nitrogens with zero attached hydrogens (tertiary/aromatic N) is 1. The van der Waals surface area contributed by atoms with Gasteiger partial charge in [-0.15, -0.1) is 0 Å². The number of hydrogen-bond acceptors (Lipinski definition) is 6. The molecule has 5 rings (SSSR count). The van der Waals surface area contributed by atoms with Gasteiger partial charge in [-0.2, -0.15) is 0 Å². The van der Waals surface area contributed by atoms with Gasteiger partial charge in [-0.05, 0) is 60.5 Å². The molecule has 0 bridgehead atoms. The van der Waals surface area contributed by atoms with Crippen LogP contribution in [-0.2, 0) is 22.5 Å². The van der Waals surface area contributed by atoms with E-state index >= 15 is 0 Å². The minimum absolute atomic E-state index is 0.0545. The Bertz CT molecular complexity index is 1650. The van der Waals surface area contributed by atoms with Crippen molar-refractivity contribution >= 4 is 50.9 Å². The number of carbonyl (C=O) groups is 1. The topological polar surface area (TPSA) is 92.2 Å². The molecule has 10 heteroatoms. The fraction of sp³-hybridized carbons (Fsp3) is 0.235. The Morgan fingerprint density at radius 1 is 1.05 bits per heavy atom. The van der Waals surface area contributed by atoms with Crippen molar-refractivity contribution in [1.29, 1.82) is 0 Å². The molecule has 0 radical (unpaired) electrons. The number of ether oxygens (including phenoxy) is 2. The zero-order valence-electron chi connectivity index (χ0n) is 24.0. The van der Waals surface area contributed by atoms with Gasteiger partial charge < -0.3 is 14.6 Å². The summed E-state index contributed by atoms with van der Waals surface area (Å²) >= 11 is 16.7. The van der Waals surface area contributed by atoms with E-state index in [0.717, 1.165) is 21.2 Å². The smallest absolute Gasteiger partial charge is 0.266 e. The fourth-order valence-corrected chi connectivity index (χ4v) is 5.99. The number of aliphatic hydroxyl groups is 1. The number of nitrogens with one attached hydrogen (secondary N) is 2. The van der Waals surface area contributed by atoms with Gasteiger partial charge in [-0.1, -0.05) is 93.2 Å². The van der Waals surface area contributed by atoms with Crippen LogP contribution in [0.1, 0.15) is 40.3 Å². The summed E-state index contributed by atoms with van der Waals surface area (Å²) in [5.41, 5.74) is 8.83. The lowest BCUT2D eigenvalue weighted by molar-refractivity contribution is -0.130. The molecule has 4 aromatic rings. The normalized spacial score (nSPS) is 17.6. The quantitative estimate of drug-likeness (QED) is 0.108. The summed E-state index contributed by atoms with van der Waals surface area (Å²) in [5.74, 6) is 0.565. The number of rotatable bonds is 12. The number of benzene rings is 4. The number of aryl methyl sites for hydroxylation is 1. The van der Waals surface area contributed by atoms with Crippen LogP contribution in [0.3, 0.4) is 0 Å². The maximum absolute atomic E-state index is 14.4. The van der Waals surface area contributed by atoms with Crippen molar-refractivity contribution in [2.75, 3.05) is 13.2 Å². The number of aliphatic imine (C=N–C) groups is 1. The Balaban J connectivity index is 1.55. The summed E-state index contributed by atoms with van der Waals surface area (Å²) in [6.07, 6.45) is -0.135. The third-order valence-corrected chi connectivity index (χ3v) is 8.61. The average molecular weight is 697 g/mol. The zero-order chi connectivity index (χ0) is 31.1. The van der Waals surface area contributed by atoms with E-state index in [1.165, 1.54) is 0 Å². The molecule has 2 atom stereocenters. The number of amides is 1. The molecule has 1 amide bonds. The molecule has 0 aromatic heterocycles. The minimum atomic E-state index is -1.45. The van der Waals surface area contributed by atoms with Gasteiger partial charge in [0.1, 0.15) is 5.75 Å². The Morgan fingerprint density at radius 3 is 2.57 bits per heavy atom. The molecular weight excluding hydrogens is 665 g/mol. The second-order valence-electron chi connectivity index (χ2n) is 10.5. The highest BCUT2D eigenvalue weighted by atomic mass is 79.9. The highest BCUT2D eigenvalue weighted by molar-refractivity contribution is 9.10. The highest BCUT2D eigenvalue weighted by Gasteiger charge is 2.54. The zero-order valence-corrected chi connectivity index (χ0v) is 27.1. The van der Waals surface area contributed by atoms with Crippen LogP contribution in [0.4, 0.5) is 0 Å². The van der Waals surface area contributed by atoms with Gasteiger partial charge in [-0.3, -0.25) is 10.2 Å². The van der Waals surface area contributed by atoms with Gasteiger partial charge in [-0.25, -0.2) is 10.4 Å². The van der Waals surface area contributed by atoms with Crippen molar-refractivity contribution in [2.45, 2.75) is 38.0 Å². The summed E-state index contributed by atoms with van der Waals surface area (Å²) in [5, 5.41) is 9.89. The molecule has 0 saturated carbocycles. The third-order valence-electron chi connectivity index (χ3n) is 7.27. The predicted molar refractivity (Wildman–Crippen MR) is 177 cm³/mol. The van der Waals surface area contributed by atoms with Gasteiger partial charge in [0, 0.05) is 51.6 Å². The maximum atomic E-state index is 14.4. The van der Waals surface area contributed by atoms with Crippen molar-refractivity contribution in [2.24, 2.45) is 4.99 Å². The first-order chi connectivity index (χ1) is 21.3. The lowest BCUT2D eigenvalue weighted by Crippen LogP contribution is -2.53. The second-order valence-corrected chi connectivity index (χ2v) is 12.2. The van der Waals surface area contributed by atoms with Crippen molar-refractivity contribution in [1.82, 2.24) is 10.9 Å². The molecule has 0 aliphatic carbocycles. The predicted octanol–water partition coefficient (Wildman–Crippen LogP) is 7.15. The Morgan fingerprint density at radius 2 is 1.84 bits per heavy atom. The van der Waals surface area contributed by atoms with Gasteiger partial charge >= 0.3 is 0 Å². The van der Waals surface area contributed by atoms with Crippen LogP contribution in [0.5, 0.6) is 5.75 Å². The van der Waals surface area contributed by atoms with Gasteiger partial charge in [0.25, 0.3) is 5.91 Å². The van der Waals surface area contributed by atoms with E-state index < -0.39 is 11.6 Å². The van der Waals surface area contributed by atoms with E-state index in [9.17, 15) is 4.79 Å². The van der Waals surface area contributed by atoms with E-state index in [1.807, 2.05) is 61.5 Å². The first kappa shape index (κ1) is 32.0. The molecule has 7 nitrogen and oxygen atoms in total. The lowest BCUT2D eigenvalue weighted by Gasteiger charge is -2.31. The molecule has 228 valence electrons. The SMILES string of the molecule is Cc1cccc(CNNC(=O)[C@@]2(Cc3ccccc3Br)N=C(c3ccc(OCCCO)cc3)O[C@H]2c2ccc(Cl)cc2Cl)c1. The van der Waals surface area contributed by atoms with Crippen LogP contribution in [-0.4, -0.2) is 35.7 Å². The summed E-state index contributed by atoms with van der Waals surface area (Å²) in [7, 11) is 0. The number of aliphatic hydroxyl groups excluding tert-OH is 1. The molecule has 44 heavy (non-hydrogen) atoms. The van der Waals surface area contributed by atoms with E-state index in [1.54, 1.807) is 30.3 Å². The first-order valence-electron chi connectivity index (χ1n) is 14.2. The van der Waals surface area contributed by atoms with Crippen LogP contribution < -0.4 is 15.6 Å². The molecule has 0 fully saturated rings. The number of halogens is 3. The molecule has 3 N–H and O–H groups in total. The summed E-state index contributed by atoms with van der Waals surface area (Å²) in [6.45, 7) is 2.89. The Kier molecular flexibility index (Phi) is 10.6. The molecule has 0 unspecified atom stereocenters. The van der Waals surface area contributed by atoms with Gasteiger partial charge in [0.2, 0.25) is 5.90 Å². The van der Waals surface area contributed by atoms with Crippen LogP contribution in [0, 0.1) is 6.92 Å². The van der Waals surface area contributed by atoms with Crippen molar-refractivity contribution in [3.8, 4) is 5.75 Å². The monoisotopic (exact) mass is 695 g/mol. The number of carbonyl (C=O) groups excluding carboxylic acids is 1. The van der Waals surface area contributed by atoms with Gasteiger partial charge in [0.05, 0.1) is 6.61 Å². The lowest BCUT2D eigenvalue weighted by atomic mass is 9.82. The Hall–Kier alpha value is -3.40. The molecule has 1 aliphatic heterocycles. The van der Waals surface area contributed by atoms with Crippen LogP contribution in [0.15, 0.2) is 100 Å². The number of hydrazine groups is 1. The molecular formula is C34H32BrCl2N3O4.